The van der Waals surface area contributed by atoms with Crippen LogP contribution >= 0.6 is 12.4 Å². The number of amides is 1. The van der Waals surface area contributed by atoms with E-state index in [4.69, 9.17) is 10.5 Å². The number of ether oxygens (including phenoxy) is 1. The minimum absolute atomic E-state index is 0. The van der Waals surface area contributed by atoms with Crippen molar-refractivity contribution in [1.29, 1.82) is 0 Å². The van der Waals surface area contributed by atoms with Crippen LogP contribution in [0.4, 0.5) is 0 Å². The Balaban J connectivity index is 0.00000225. The Labute approximate surface area is 157 Å². The summed E-state index contributed by atoms with van der Waals surface area (Å²) in [4.78, 5) is 12.9. The van der Waals surface area contributed by atoms with E-state index in [1.165, 1.54) is 19.3 Å². The maximum absolute atomic E-state index is 12.9. The highest BCUT2D eigenvalue weighted by Gasteiger charge is 2.56. The molecule has 2 aliphatic carbocycles. The summed E-state index contributed by atoms with van der Waals surface area (Å²) in [6, 6.07) is 9.80. The molecule has 0 aromatic heterocycles. The van der Waals surface area contributed by atoms with E-state index in [0.29, 0.717) is 0 Å². The molecule has 2 saturated carbocycles. The van der Waals surface area contributed by atoms with Gasteiger partial charge in [0.15, 0.2) is 0 Å². The highest BCUT2D eigenvalue weighted by molar-refractivity contribution is 5.87. The fourth-order valence-corrected chi connectivity index (χ4v) is 4.49. The molecule has 3 atom stereocenters. The second-order valence-corrected chi connectivity index (χ2v) is 7.57. The number of benzene rings is 1. The van der Waals surface area contributed by atoms with Crippen molar-refractivity contribution < 1.29 is 9.53 Å². The van der Waals surface area contributed by atoms with E-state index >= 15 is 0 Å². The molecule has 0 heterocycles. The lowest BCUT2D eigenvalue weighted by Crippen LogP contribution is -2.67. The first-order valence-corrected chi connectivity index (χ1v) is 9.27. The van der Waals surface area contributed by atoms with Crippen LogP contribution in [0.1, 0.15) is 57.9 Å². The lowest BCUT2D eigenvalue weighted by molar-refractivity contribution is -0.159. The highest BCUT2D eigenvalue weighted by Crippen LogP contribution is 2.53. The van der Waals surface area contributed by atoms with Crippen LogP contribution < -0.4 is 11.1 Å². The molecule has 0 bridgehead atoms. The Hall–Kier alpha value is -1.10. The summed E-state index contributed by atoms with van der Waals surface area (Å²) in [5, 5.41) is 3.26. The van der Waals surface area contributed by atoms with Gasteiger partial charge in [0.1, 0.15) is 5.54 Å². The third-order valence-corrected chi connectivity index (χ3v) is 6.09. The van der Waals surface area contributed by atoms with E-state index in [0.717, 1.165) is 31.4 Å². The van der Waals surface area contributed by atoms with Gasteiger partial charge in [-0.3, -0.25) is 4.79 Å². The molecule has 25 heavy (non-hydrogen) atoms. The van der Waals surface area contributed by atoms with Gasteiger partial charge in [-0.15, -0.1) is 12.4 Å². The van der Waals surface area contributed by atoms with Gasteiger partial charge in [0.25, 0.3) is 0 Å². The van der Waals surface area contributed by atoms with Crippen LogP contribution in [0.15, 0.2) is 30.3 Å². The Morgan fingerprint density at radius 1 is 1.28 bits per heavy atom. The van der Waals surface area contributed by atoms with Crippen molar-refractivity contribution in [2.24, 2.45) is 11.1 Å². The largest absolute Gasteiger partial charge is 0.378 e. The summed E-state index contributed by atoms with van der Waals surface area (Å²) in [7, 11) is 0. The van der Waals surface area contributed by atoms with Gasteiger partial charge < -0.3 is 15.8 Å². The second-order valence-electron chi connectivity index (χ2n) is 7.57. The summed E-state index contributed by atoms with van der Waals surface area (Å²) in [6.45, 7) is 4.59. The molecular weight excluding hydrogens is 336 g/mol. The SMILES string of the molecule is CCOC1CC(NC(=O)C(C)(N)c2ccccc2)C12CCCCC2.Cl. The van der Waals surface area contributed by atoms with Gasteiger partial charge in [0, 0.05) is 18.1 Å². The van der Waals surface area contributed by atoms with E-state index in [2.05, 4.69) is 12.2 Å². The third-order valence-electron chi connectivity index (χ3n) is 6.09. The van der Waals surface area contributed by atoms with E-state index in [1.54, 1.807) is 6.92 Å². The molecule has 0 radical (unpaired) electrons. The van der Waals surface area contributed by atoms with Crippen LogP contribution in [0.2, 0.25) is 0 Å². The van der Waals surface area contributed by atoms with Crippen molar-refractivity contribution in [2.75, 3.05) is 6.61 Å². The topological polar surface area (TPSA) is 64.3 Å². The number of nitrogens with one attached hydrogen (secondary N) is 1. The maximum Gasteiger partial charge on any atom is 0.244 e. The smallest absolute Gasteiger partial charge is 0.244 e. The van der Waals surface area contributed by atoms with Crippen molar-refractivity contribution in [1.82, 2.24) is 5.32 Å². The van der Waals surface area contributed by atoms with Crippen LogP contribution in [0.25, 0.3) is 0 Å². The number of carbonyl (C=O) groups excluding carboxylic acids is 1. The van der Waals surface area contributed by atoms with Crippen molar-refractivity contribution >= 4 is 18.3 Å². The van der Waals surface area contributed by atoms with Gasteiger partial charge in [-0.2, -0.15) is 0 Å². The first-order chi connectivity index (χ1) is 11.5. The molecule has 3 rings (SSSR count). The number of rotatable bonds is 5. The molecule has 2 fully saturated rings. The average Bonchev–Trinajstić information content (AvgIpc) is 2.62. The number of nitrogens with two attached hydrogens (primary N) is 1. The zero-order valence-electron chi connectivity index (χ0n) is 15.3. The summed E-state index contributed by atoms with van der Waals surface area (Å²) in [6.07, 6.45) is 7.24. The Morgan fingerprint density at radius 3 is 2.52 bits per heavy atom. The van der Waals surface area contributed by atoms with Gasteiger partial charge in [-0.1, -0.05) is 49.6 Å². The number of carbonyl (C=O) groups is 1. The first-order valence-electron chi connectivity index (χ1n) is 9.27. The van der Waals surface area contributed by atoms with Crippen LogP contribution in [0.5, 0.6) is 0 Å². The van der Waals surface area contributed by atoms with Crippen molar-refractivity contribution in [3.63, 3.8) is 0 Å². The molecule has 140 valence electrons. The molecule has 1 amide bonds. The van der Waals surface area contributed by atoms with Crippen LogP contribution in [-0.2, 0) is 15.1 Å². The predicted octanol–water partition coefficient (Wildman–Crippen LogP) is 3.53. The molecule has 0 aliphatic heterocycles. The fraction of sp³-hybridized carbons (Fsp3) is 0.650. The Bertz CT molecular complexity index is 570. The zero-order valence-corrected chi connectivity index (χ0v) is 16.1. The Morgan fingerprint density at radius 2 is 1.92 bits per heavy atom. The lowest BCUT2D eigenvalue weighted by atomic mass is 9.55. The first kappa shape index (κ1) is 20.2. The predicted molar refractivity (Wildman–Crippen MR) is 103 cm³/mol. The summed E-state index contributed by atoms with van der Waals surface area (Å²) < 4.78 is 5.97. The third kappa shape index (κ3) is 3.71. The quantitative estimate of drug-likeness (QED) is 0.837. The van der Waals surface area contributed by atoms with Crippen molar-refractivity contribution in [2.45, 2.75) is 70.1 Å². The van der Waals surface area contributed by atoms with Gasteiger partial charge in [0.05, 0.1) is 6.10 Å². The number of halogens is 1. The minimum atomic E-state index is -1.01. The van der Waals surface area contributed by atoms with Gasteiger partial charge in [0.2, 0.25) is 5.91 Å². The van der Waals surface area contributed by atoms with Crippen LogP contribution in [0, 0.1) is 5.41 Å². The summed E-state index contributed by atoms with van der Waals surface area (Å²) in [5.41, 5.74) is 6.34. The standard InChI is InChI=1S/C20H30N2O2.ClH/c1-3-24-17-14-16(20(17)12-8-5-9-13-20)22-18(23)19(2,21)15-10-6-4-7-11-15;/h4,6-7,10-11,16-17H,3,5,8-9,12-14,21H2,1-2H3,(H,22,23);1H. The molecule has 1 aromatic rings. The van der Waals surface area contributed by atoms with E-state index in [-0.39, 0.29) is 35.9 Å². The fourth-order valence-electron chi connectivity index (χ4n) is 4.49. The molecule has 0 saturated heterocycles. The van der Waals surface area contributed by atoms with Crippen molar-refractivity contribution in [3.8, 4) is 0 Å². The normalized spacial score (nSPS) is 26.8. The molecule has 1 spiro atoms. The molecule has 3 unspecified atom stereocenters. The molecule has 2 aliphatic rings. The highest BCUT2D eigenvalue weighted by atomic mass is 35.5. The zero-order chi connectivity index (χ0) is 17.2. The number of hydrogen-bond donors (Lipinski definition) is 2. The van der Waals surface area contributed by atoms with Crippen LogP contribution in [-0.4, -0.2) is 24.7 Å². The Kier molecular flexibility index (Phi) is 6.52. The van der Waals surface area contributed by atoms with Crippen LogP contribution in [0.3, 0.4) is 0 Å². The molecule has 4 nitrogen and oxygen atoms in total. The molecular formula is C20H31ClN2O2. The van der Waals surface area contributed by atoms with Gasteiger partial charge in [-0.25, -0.2) is 0 Å². The van der Waals surface area contributed by atoms with E-state index in [1.807, 2.05) is 30.3 Å². The number of hydrogen-bond acceptors (Lipinski definition) is 3. The molecule has 5 heteroatoms. The summed E-state index contributed by atoms with van der Waals surface area (Å²) in [5.74, 6) is -0.0846. The molecule has 3 N–H and O–H groups in total. The summed E-state index contributed by atoms with van der Waals surface area (Å²) >= 11 is 0. The van der Waals surface area contributed by atoms with Crippen molar-refractivity contribution in [3.05, 3.63) is 35.9 Å². The van der Waals surface area contributed by atoms with Gasteiger partial charge in [-0.05, 0) is 38.7 Å². The minimum Gasteiger partial charge on any atom is -0.378 e. The lowest BCUT2D eigenvalue weighted by Gasteiger charge is -2.58. The maximum atomic E-state index is 12.9. The van der Waals surface area contributed by atoms with Gasteiger partial charge >= 0.3 is 0 Å². The molecule has 1 aromatic carbocycles. The van der Waals surface area contributed by atoms with E-state index in [9.17, 15) is 4.79 Å². The second kappa shape index (κ2) is 8.07. The average molecular weight is 367 g/mol. The van der Waals surface area contributed by atoms with E-state index < -0.39 is 5.54 Å². The monoisotopic (exact) mass is 366 g/mol.